The summed E-state index contributed by atoms with van der Waals surface area (Å²) in [6.07, 6.45) is 0.966. The van der Waals surface area contributed by atoms with Crippen LogP contribution < -0.4 is 19.1 Å². The maximum absolute atomic E-state index is 12.5. The minimum atomic E-state index is -3.33. The van der Waals surface area contributed by atoms with Crippen LogP contribution in [0, 0.1) is 0 Å². The average Bonchev–Trinajstić information content (AvgIpc) is 2.70. The molecule has 0 aliphatic carbocycles. The Morgan fingerprint density at radius 2 is 1.69 bits per heavy atom. The Balaban J connectivity index is 1.90. The van der Waals surface area contributed by atoms with Crippen LogP contribution >= 0.6 is 0 Å². The largest absolute Gasteiger partial charge is 0.491 e. The second-order valence-electron chi connectivity index (χ2n) is 6.77. The van der Waals surface area contributed by atoms with Gasteiger partial charge in [0.1, 0.15) is 18.1 Å². The van der Waals surface area contributed by atoms with Crippen LogP contribution in [0.4, 0.5) is 5.69 Å². The molecule has 1 amide bonds. The zero-order chi connectivity index (χ0) is 21.4. The maximum atomic E-state index is 12.5. The quantitative estimate of drug-likeness (QED) is 0.639. The van der Waals surface area contributed by atoms with Gasteiger partial charge < -0.3 is 14.8 Å². The van der Waals surface area contributed by atoms with Crippen molar-refractivity contribution in [3.63, 3.8) is 0 Å². The normalized spacial score (nSPS) is 13.2. The highest BCUT2D eigenvalue weighted by Crippen LogP contribution is 2.21. The first-order chi connectivity index (χ1) is 13.7. The fraction of sp³-hybridized carbons (Fsp3) is 0.381. The molecule has 29 heavy (non-hydrogen) atoms. The van der Waals surface area contributed by atoms with E-state index in [-0.39, 0.29) is 11.9 Å². The van der Waals surface area contributed by atoms with Gasteiger partial charge in [-0.1, -0.05) is 25.1 Å². The van der Waals surface area contributed by atoms with Crippen LogP contribution in [0.15, 0.2) is 54.6 Å². The second-order valence-corrected chi connectivity index (χ2v) is 8.79. The predicted molar refractivity (Wildman–Crippen MR) is 114 cm³/mol. The molecule has 0 bridgehead atoms. The van der Waals surface area contributed by atoms with E-state index in [1.165, 1.54) is 11.4 Å². The zero-order valence-electron chi connectivity index (χ0n) is 17.2. The molecule has 0 aliphatic rings. The lowest BCUT2D eigenvalue weighted by atomic mass is 10.2. The van der Waals surface area contributed by atoms with E-state index in [0.29, 0.717) is 24.5 Å². The molecule has 0 saturated heterocycles. The van der Waals surface area contributed by atoms with Gasteiger partial charge in [0.2, 0.25) is 10.0 Å². The first kappa shape index (κ1) is 22.5. The molecule has 2 aromatic rings. The fourth-order valence-electron chi connectivity index (χ4n) is 2.53. The van der Waals surface area contributed by atoms with E-state index in [1.54, 1.807) is 24.3 Å². The van der Waals surface area contributed by atoms with Crippen LogP contribution in [0.3, 0.4) is 0 Å². The molecule has 0 radical (unpaired) electrons. The van der Waals surface area contributed by atoms with Crippen LogP contribution in [-0.4, -0.2) is 46.4 Å². The van der Waals surface area contributed by atoms with E-state index < -0.39 is 16.1 Å². The van der Waals surface area contributed by atoms with Crippen molar-refractivity contribution < 1.29 is 22.7 Å². The molecule has 0 spiro atoms. The molecular weight excluding hydrogens is 392 g/mol. The number of hydrogen-bond acceptors (Lipinski definition) is 5. The Morgan fingerprint density at radius 1 is 1.07 bits per heavy atom. The van der Waals surface area contributed by atoms with E-state index in [2.05, 4.69) is 5.32 Å². The number of carbonyl (C=O) groups is 1. The first-order valence-electron chi connectivity index (χ1n) is 9.39. The molecule has 0 heterocycles. The molecule has 2 aromatic carbocycles. The van der Waals surface area contributed by atoms with E-state index in [4.69, 9.17) is 9.47 Å². The third-order valence-electron chi connectivity index (χ3n) is 4.27. The molecule has 0 saturated carbocycles. The third kappa shape index (κ3) is 6.98. The van der Waals surface area contributed by atoms with E-state index in [1.807, 2.05) is 44.2 Å². The number of hydrogen-bond donors (Lipinski definition) is 1. The second kappa shape index (κ2) is 10.2. The fourth-order valence-corrected chi connectivity index (χ4v) is 3.03. The van der Waals surface area contributed by atoms with Gasteiger partial charge >= 0.3 is 0 Å². The Bertz CT molecular complexity index is 885. The van der Waals surface area contributed by atoms with E-state index >= 15 is 0 Å². The number of ether oxygens (including phenoxy) is 2. The summed E-state index contributed by atoms with van der Waals surface area (Å²) in [6.45, 7) is 4.07. The summed E-state index contributed by atoms with van der Waals surface area (Å²) in [5.41, 5.74) is 0.518. The smallest absolute Gasteiger partial charge is 0.261 e. The van der Waals surface area contributed by atoms with Gasteiger partial charge in [0.05, 0.1) is 18.0 Å². The Kier molecular flexibility index (Phi) is 7.90. The number of rotatable bonds is 10. The van der Waals surface area contributed by atoms with Crippen molar-refractivity contribution in [2.24, 2.45) is 0 Å². The van der Waals surface area contributed by atoms with E-state index in [0.717, 1.165) is 12.0 Å². The number of nitrogens with zero attached hydrogens (tertiary/aromatic N) is 1. The summed E-state index contributed by atoms with van der Waals surface area (Å²) in [5, 5.41) is 2.89. The summed E-state index contributed by atoms with van der Waals surface area (Å²) >= 11 is 0. The monoisotopic (exact) mass is 420 g/mol. The SMILES string of the molecule is CC[C@@H](Oc1ccc(N(C)S(C)(=O)=O)cc1)C(=O)N[C@@H](C)COc1ccccc1. The molecule has 2 atom stereocenters. The van der Waals surface area contributed by atoms with Crippen molar-refractivity contribution in [1.82, 2.24) is 5.32 Å². The molecule has 8 heteroatoms. The number of benzene rings is 2. The first-order valence-corrected chi connectivity index (χ1v) is 11.2. The Morgan fingerprint density at radius 3 is 2.24 bits per heavy atom. The van der Waals surface area contributed by atoms with Crippen molar-refractivity contribution in [2.45, 2.75) is 32.4 Å². The van der Waals surface area contributed by atoms with Crippen molar-refractivity contribution >= 4 is 21.6 Å². The van der Waals surface area contributed by atoms with Crippen LogP contribution in [-0.2, 0) is 14.8 Å². The zero-order valence-corrected chi connectivity index (χ0v) is 18.0. The highest BCUT2D eigenvalue weighted by Gasteiger charge is 2.21. The molecule has 7 nitrogen and oxygen atoms in total. The average molecular weight is 421 g/mol. The van der Waals surface area contributed by atoms with Crippen molar-refractivity contribution in [3.05, 3.63) is 54.6 Å². The van der Waals surface area contributed by atoms with Crippen LogP contribution in [0.5, 0.6) is 11.5 Å². The predicted octanol–water partition coefficient (Wildman–Crippen LogP) is 2.82. The van der Waals surface area contributed by atoms with Gasteiger partial charge in [-0.2, -0.15) is 0 Å². The molecule has 1 N–H and O–H groups in total. The molecular formula is C21H28N2O5S. The van der Waals surface area contributed by atoms with Crippen molar-refractivity contribution in [1.29, 1.82) is 0 Å². The van der Waals surface area contributed by atoms with Gasteiger partial charge in [-0.15, -0.1) is 0 Å². The topological polar surface area (TPSA) is 84.9 Å². The minimum Gasteiger partial charge on any atom is -0.491 e. The summed E-state index contributed by atoms with van der Waals surface area (Å²) < 4.78 is 35.8. The Hall–Kier alpha value is -2.74. The van der Waals surface area contributed by atoms with Crippen LogP contribution in [0.2, 0.25) is 0 Å². The number of nitrogens with one attached hydrogen (secondary N) is 1. The highest BCUT2D eigenvalue weighted by molar-refractivity contribution is 7.92. The molecule has 0 aliphatic heterocycles. The van der Waals surface area contributed by atoms with Gasteiger partial charge in [-0.05, 0) is 49.7 Å². The third-order valence-corrected chi connectivity index (χ3v) is 5.48. The number of amides is 1. The Labute approximate surface area is 172 Å². The van der Waals surface area contributed by atoms with Gasteiger partial charge in [0, 0.05) is 7.05 Å². The lowest BCUT2D eigenvalue weighted by Crippen LogP contribution is -2.44. The minimum absolute atomic E-state index is 0.189. The highest BCUT2D eigenvalue weighted by atomic mass is 32.2. The summed E-state index contributed by atoms with van der Waals surface area (Å²) in [6, 6.07) is 15.8. The number of para-hydroxylation sites is 1. The summed E-state index contributed by atoms with van der Waals surface area (Å²) in [5.74, 6) is 1.01. The molecule has 2 rings (SSSR count). The van der Waals surface area contributed by atoms with Crippen molar-refractivity contribution in [3.8, 4) is 11.5 Å². The van der Waals surface area contributed by atoms with Gasteiger partial charge in [0.25, 0.3) is 5.91 Å². The molecule has 158 valence electrons. The van der Waals surface area contributed by atoms with Gasteiger partial charge in [-0.3, -0.25) is 9.10 Å². The van der Waals surface area contributed by atoms with E-state index in [9.17, 15) is 13.2 Å². The lowest BCUT2D eigenvalue weighted by molar-refractivity contribution is -0.128. The molecule has 0 unspecified atom stereocenters. The number of carbonyl (C=O) groups excluding carboxylic acids is 1. The standard InChI is InChI=1S/C21H28N2O5S/c1-5-20(21(24)22-16(2)15-27-18-9-7-6-8-10-18)28-19-13-11-17(12-14-19)23(3)29(4,25)26/h6-14,16,20H,5,15H2,1-4H3,(H,22,24)/t16-,20+/m0/s1. The maximum Gasteiger partial charge on any atom is 0.261 e. The summed E-state index contributed by atoms with van der Waals surface area (Å²) in [4.78, 5) is 12.5. The summed E-state index contributed by atoms with van der Waals surface area (Å²) in [7, 11) is -1.85. The molecule has 0 aromatic heterocycles. The van der Waals surface area contributed by atoms with Crippen LogP contribution in [0.25, 0.3) is 0 Å². The molecule has 0 fully saturated rings. The van der Waals surface area contributed by atoms with Crippen molar-refractivity contribution in [2.75, 3.05) is 24.2 Å². The van der Waals surface area contributed by atoms with Gasteiger partial charge in [0.15, 0.2) is 6.10 Å². The number of sulfonamides is 1. The number of anilines is 1. The van der Waals surface area contributed by atoms with Gasteiger partial charge in [-0.25, -0.2) is 8.42 Å². The lowest BCUT2D eigenvalue weighted by Gasteiger charge is -2.21. The van der Waals surface area contributed by atoms with Crippen LogP contribution in [0.1, 0.15) is 20.3 Å².